The van der Waals surface area contributed by atoms with Crippen molar-refractivity contribution in [1.29, 1.82) is 0 Å². The fraction of sp³-hybridized carbons (Fsp3) is 0.556. The number of benzene rings is 1. The number of nitrogens with one attached hydrogen (secondary N) is 1. The summed E-state index contributed by atoms with van der Waals surface area (Å²) in [5, 5.41) is 2.73. The smallest absolute Gasteiger partial charge is 0.338 e. The zero-order chi connectivity index (χ0) is 19.7. The molecule has 7 nitrogen and oxygen atoms in total. The average Bonchev–Trinajstić information content (AvgIpc) is 2.60. The molecule has 0 saturated carbocycles. The van der Waals surface area contributed by atoms with Gasteiger partial charge in [0.05, 0.1) is 10.5 Å². The fourth-order valence-corrected chi connectivity index (χ4v) is 4.04. The van der Waals surface area contributed by atoms with Gasteiger partial charge in [0, 0.05) is 19.1 Å². The van der Waals surface area contributed by atoms with Gasteiger partial charge in [0.2, 0.25) is 10.0 Å². The Kier molecular flexibility index (Phi) is 8.74. The normalized spacial score (nSPS) is 12.7. The van der Waals surface area contributed by atoms with Crippen LogP contribution in [0, 0.1) is 0 Å². The molecule has 0 aliphatic rings. The molecule has 0 bridgehead atoms. The quantitative estimate of drug-likeness (QED) is 0.624. The minimum atomic E-state index is -3.66. The van der Waals surface area contributed by atoms with E-state index < -0.39 is 22.6 Å². The second kappa shape index (κ2) is 10.3. The predicted octanol–water partition coefficient (Wildman–Crippen LogP) is 2.18. The number of nitrogens with zero attached hydrogens (tertiary/aromatic N) is 1. The second-order valence-electron chi connectivity index (χ2n) is 5.95. The van der Waals surface area contributed by atoms with Crippen LogP contribution in [0.25, 0.3) is 0 Å². The average molecular weight is 384 g/mol. The van der Waals surface area contributed by atoms with Crippen molar-refractivity contribution in [3.05, 3.63) is 29.8 Å². The van der Waals surface area contributed by atoms with E-state index in [1.807, 2.05) is 13.8 Å². The predicted molar refractivity (Wildman–Crippen MR) is 99.3 cm³/mol. The first-order valence-corrected chi connectivity index (χ1v) is 10.3. The van der Waals surface area contributed by atoms with Crippen molar-refractivity contribution in [3.63, 3.8) is 0 Å². The molecule has 1 amide bonds. The Balaban J connectivity index is 2.79. The highest BCUT2D eigenvalue weighted by Gasteiger charge is 2.23. The summed E-state index contributed by atoms with van der Waals surface area (Å²) in [5.74, 6) is -1.12. The molecule has 0 aliphatic carbocycles. The molecule has 0 aromatic heterocycles. The van der Waals surface area contributed by atoms with Crippen molar-refractivity contribution in [2.45, 2.75) is 51.5 Å². The number of amides is 1. The Morgan fingerprint density at radius 1 is 1.19 bits per heavy atom. The maximum Gasteiger partial charge on any atom is 0.338 e. The lowest BCUT2D eigenvalue weighted by atomic mass is 10.2. The van der Waals surface area contributed by atoms with Crippen LogP contribution in [0.1, 0.15) is 50.9 Å². The van der Waals surface area contributed by atoms with E-state index in [1.165, 1.54) is 28.6 Å². The van der Waals surface area contributed by atoms with Crippen LogP contribution in [-0.4, -0.2) is 50.3 Å². The maximum atomic E-state index is 12.5. The van der Waals surface area contributed by atoms with Crippen LogP contribution in [0.2, 0.25) is 0 Å². The SMILES string of the molecule is CCC[C@@H](C)NC(=O)COC(=O)c1cccc(S(=O)(=O)N(CC)CC)c1. The molecule has 0 unspecified atom stereocenters. The van der Waals surface area contributed by atoms with E-state index in [9.17, 15) is 18.0 Å². The van der Waals surface area contributed by atoms with Crippen molar-refractivity contribution in [1.82, 2.24) is 9.62 Å². The second-order valence-corrected chi connectivity index (χ2v) is 7.89. The third kappa shape index (κ3) is 6.10. The van der Waals surface area contributed by atoms with E-state index in [1.54, 1.807) is 13.8 Å². The molecule has 1 N–H and O–H groups in total. The van der Waals surface area contributed by atoms with Crippen molar-refractivity contribution in [2.24, 2.45) is 0 Å². The number of carbonyl (C=O) groups is 2. The highest BCUT2D eigenvalue weighted by atomic mass is 32.2. The Hall–Kier alpha value is -1.93. The number of carbonyl (C=O) groups excluding carboxylic acids is 2. The molecule has 1 aromatic carbocycles. The number of esters is 1. The van der Waals surface area contributed by atoms with Crippen molar-refractivity contribution in [3.8, 4) is 0 Å². The van der Waals surface area contributed by atoms with Crippen LogP contribution >= 0.6 is 0 Å². The number of rotatable bonds is 10. The van der Waals surface area contributed by atoms with Gasteiger partial charge in [-0.25, -0.2) is 13.2 Å². The van der Waals surface area contributed by atoms with Gasteiger partial charge in [-0.15, -0.1) is 0 Å². The van der Waals surface area contributed by atoms with E-state index in [2.05, 4.69) is 5.32 Å². The first-order valence-electron chi connectivity index (χ1n) is 8.82. The minimum Gasteiger partial charge on any atom is -0.452 e. The summed E-state index contributed by atoms with van der Waals surface area (Å²) in [6.45, 7) is 7.66. The summed E-state index contributed by atoms with van der Waals surface area (Å²) < 4.78 is 31.4. The number of ether oxygens (including phenoxy) is 1. The highest BCUT2D eigenvalue weighted by Crippen LogP contribution is 2.17. The summed E-state index contributed by atoms with van der Waals surface area (Å²) in [5.41, 5.74) is 0.0904. The monoisotopic (exact) mass is 384 g/mol. The third-order valence-corrected chi connectivity index (χ3v) is 5.92. The van der Waals surface area contributed by atoms with E-state index in [0.29, 0.717) is 13.1 Å². The summed E-state index contributed by atoms with van der Waals surface area (Å²) in [6, 6.07) is 5.66. The first-order chi connectivity index (χ1) is 12.3. The number of hydrogen-bond acceptors (Lipinski definition) is 5. The molecule has 0 spiro atoms. The highest BCUT2D eigenvalue weighted by molar-refractivity contribution is 7.89. The van der Waals surface area contributed by atoms with Crippen molar-refractivity contribution >= 4 is 21.9 Å². The molecule has 0 saturated heterocycles. The van der Waals surface area contributed by atoms with Gasteiger partial charge in [-0.05, 0) is 31.5 Å². The van der Waals surface area contributed by atoms with Gasteiger partial charge >= 0.3 is 5.97 Å². The van der Waals surface area contributed by atoms with Gasteiger partial charge in [-0.2, -0.15) is 4.31 Å². The van der Waals surface area contributed by atoms with E-state index in [-0.39, 0.29) is 22.4 Å². The first kappa shape index (κ1) is 22.1. The largest absolute Gasteiger partial charge is 0.452 e. The molecule has 8 heteroatoms. The Labute approximate surface area is 155 Å². The van der Waals surface area contributed by atoms with E-state index >= 15 is 0 Å². The zero-order valence-electron chi connectivity index (χ0n) is 15.8. The van der Waals surface area contributed by atoms with Crippen LogP contribution < -0.4 is 5.32 Å². The zero-order valence-corrected chi connectivity index (χ0v) is 16.6. The van der Waals surface area contributed by atoms with Crippen LogP contribution in [0.3, 0.4) is 0 Å². The molecular formula is C18H28N2O5S. The van der Waals surface area contributed by atoms with Gasteiger partial charge in [-0.3, -0.25) is 4.79 Å². The summed E-state index contributed by atoms with van der Waals surface area (Å²) in [6.07, 6.45) is 1.78. The van der Waals surface area contributed by atoms with Crippen LogP contribution in [-0.2, 0) is 19.6 Å². The number of sulfonamides is 1. The molecule has 26 heavy (non-hydrogen) atoms. The molecular weight excluding hydrogens is 356 g/mol. The van der Waals surface area contributed by atoms with Crippen LogP contribution in [0.5, 0.6) is 0 Å². The van der Waals surface area contributed by atoms with Crippen LogP contribution in [0.15, 0.2) is 29.2 Å². The van der Waals surface area contributed by atoms with Crippen molar-refractivity contribution < 1.29 is 22.7 Å². The van der Waals surface area contributed by atoms with Gasteiger partial charge in [0.1, 0.15) is 0 Å². The molecule has 0 aliphatic heterocycles. The Morgan fingerprint density at radius 3 is 2.42 bits per heavy atom. The molecule has 1 rings (SSSR count). The molecule has 0 fully saturated rings. The molecule has 0 heterocycles. The Morgan fingerprint density at radius 2 is 1.85 bits per heavy atom. The minimum absolute atomic E-state index is 0.00810. The van der Waals surface area contributed by atoms with Crippen molar-refractivity contribution in [2.75, 3.05) is 19.7 Å². The summed E-state index contributed by atoms with van der Waals surface area (Å²) in [7, 11) is -3.66. The third-order valence-electron chi connectivity index (χ3n) is 3.88. The summed E-state index contributed by atoms with van der Waals surface area (Å²) in [4.78, 5) is 23.9. The fourth-order valence-electron chi connectivity index (χ4n) is 2.53. The molecule has 146 valence electrons. The van der Waals surface area contributed by atoms with Gasteiger partial charge in [-0.1, -0.05) is 33.3 Å². The lowest BCUT2D eigenvalue weighted by Gasteiger charge is -2.18. The van der Waals surface area contributed by atoms with Gasteiger partial charge in [0.15, 0.2) is 6.61 Å². The lowest BCUT2D eigenvalue weighted by molar-refractivity contribution is -0.124. The lowest BCUT2D eigenvalue weighted by Crippen LogP contribution is -2.35. The maximum absolute atomic E-state index is 12.5. The molecule has 0 radical (unpaired) electrons. The van der Waals surface area contributed by atoms with Gasteiger partial charge < -0.3 is 10.1 Å². The Bertz CT molecular complexity index is 714. The topological polar surface area (TPSA) is 92.8 Å². The number of hydrogen-bond donors (Lipinski definition) is 1. The standard InChI is InChI=1S/C18H28N2O5S/c1-5-9-14(4)19-17(21)13-25-18(22)15-10-8-11-16(12-15)26(23,24)20(6-2)7-3/h8,10-12,14H,5-7,9,13H2,1-4H3,(H,19,21)/t14-/m1/s1. The molecule has 1 atom stereocenters. The van der Waals surface area contributed by atoms with Crippen LogP contribution in [0.4, 0.5) is 0 Å². The molecule has 1 aromatic rings. The summed E-state index contributed by atoms with van der Waals surface area (Å²) >= 11 is 0. The van der Waals surface area contributed by atoms with Gasteiger partial charge in [0.25, 0.3) is 5.91 Å². The van der Waals surface area contributed by atoms with E-state index in [4.69, 9.17) is 4.74 Å². The van der Waals surface area contributed by atoms with E-state index in [0.717, 1.165) is 12.8 Å².